The molecule has 0 aliphatic carbocycles. The summed E-state index contributed by atoms with van der Waals surface area (Å²) in [5, 5.41) is 2.83. The van der Waals surface area contributed by atoms with Crippen LogP contribution in [-0.4, -0.2) is 49.0 Å². The van der Waals surface area contributed by atoms with E-state index in [0.29, 0.717) is 33.6 Å². The normalized spacial score (nSPS) is 13.9. The average molecular weight is 624 g/mol. The summed E-state index contributed by atoms with van der Waals surface area (Å²) in [5.74, 6) is 0.646. The molecule has 0 saturated carbocycles. The maximum Gasteiger partial charge on any atom is 0.573 e. The second-order valence-electron chi connectivity index (χ2n) is 8.61. The largest absolute Gasteiger partial charge is 0.573 e. The van der Waals surface area contributed by atoms with Crippen molar-refractivity contribution in [2.75, 3.05) is 30.6 Å². The van der Waals surface area contributed by atoms with Gasteiger partial charge in [-0.25, -0.2) is 14.8 Å². The molecule has 0 fully saturated rings. The summed E-state index contributed by atoms with van der Waals surface area (Å²) in [7, 11) is 3.04. The standard InChI is InChI=1S/C26H25BrF3N5O5/c1-4-19(15-5-8-17(9-6-15)40-26(28,29)30)32-25(37)35-14-22(36)34(24-23(35)31-12-21(27)33-24)13-16-7-10-18(38-2)11-20(16)39-3/h5-12,19H,4,13-14H2,1-3H3,(H,32,37). The summed E-state index contributed by atoms with van der Waals surface area (Å²) in [4.78, 5) is 38.1. The number of aromatic nitrogens is 2. The number of hydrogen-bond acceptors (Lipinski definition) is 7. The lowest BCUT2D eigenvalue weighted by atomic mass is 10.0. The van der Waals surface area contributed by atoms with E-state index in [2.05, 4.69) is 36.0 Å². The van der Waals surface area contributed by atoms with E-state index in [1.165, 1.54) is 54.5 Å². The van der Waals surface area contributed by atoms with Crippen molar-refractivity contribution in [3.63, 3.8) is 0 Å². The molecule has 0 spiro atoms. The molecule has 212 valence electrons. The highest BCUT2D eigenvalue weighted by Gasteiger charge is 2.36. The number of fused-ring (bicyclic) bond motifs is 1. The number of halogens is 4. The number of amides is 3. The van der Waals surface area contributed by atoms with Gasteiger partial charge in [0.05, 0.1) is 33.0 Å². The molecule has 1 unspecified atom stereocenters. The predicted octanol–water partition coefficient (Wildman–Crippen LogP) is 5.37. The second kappa shape index (κ2) is 12.0. The van der Waals surface area contributed by atoms with Gasteiger partial charge in [-0.15, -0.1) is 13.2 Å². The molecular weight excluding hydrogens is 599 g/mol. The van der Waals surface area contributed by atoms with Crippen molar-refractivity contribution in [3.05, 3.63) is 64.4 Å². The Morgan fingerprint density at radius 2 is 1.80 bits per heavy atom. The van der Waals surface area contributed by atoms with E-state index in [1.54, 1.807) is 25.1 Å². The molecule has 2 aromatic carbocycles. The molecular formula is C26H25BrF3N5O5. The van der Waals surface area contributed by atoms with Crippen molar-refractivity contribution >= 4 is 39.5 Å². The fourth-order valence-electron chi connectivity index (χ4n) is 4.17. The van der Waals surface area contributed by atoms with Crippen molar-refractivity contribution in [1.82, 2.24) is 15.3 Å². The van der Waals surface area contributed by atoms with Crippen LogP contribution in [0.5, 0.6) is 17.2 Å². The van der Waals surface area contributed by atoms with Gasteiger partial charge in [0, 0.05) is 11.6 Å². The molecule has 1 aliphatic rings. The third-order valence-electron chi connectivity index (χ3n) is 6.10. The molecule has 0 bridgehead atoms. The van der Waals surface area contributed by atoms with Gasteiger partial charge < -0.3 is 19.5 Å². The van der Waals surface area contributed by atoms with Crippen LogP contribution in [0, 0.1) is 0 Å². The summed E-state index contributed by atoms with van der Waals surface area (Å²) in [6.07, 6.45) is -2.97. The molecule has 1 atom stereocenters. The molecule has 4 rings (SSSR count). The zero-order valence-corrected chi connectivity index (χ0v) is 23.2. The van der Waals surface area contributed by atoms with Crippen LogP contribution in [0.2, 0.25) is 0 Å². The lowest BCUT2D eigenvalue weighted by Crippen LogP contribution is -2.52. The Morgan fingerprint density at radius 3 is 2.42 bits per heavy atom. The number of carbonyl (C=O) groups excluding carboxylic acids is 2. The number of hydrogen-bond donors (Lipinski definition) is 1. The van der Waals surface area contributed by atoms with E-state index in [0.717, 1.165) is 0 Å². The van der Waals surface area contributed by atoms with Gasteiger partial charge in [-0.2, -0.15) is 0 Å². The van der Waals surface area contributed by atoms with Crippen LogP contribution in [-0.2, 0) is 11.3 Å². The van der Waals surface area contributed by atoms with E-state index < -0.39 is 24.3 Å². The number of rotatable bonds is 8. The smallest absolute Gasteiger partial charge is 0.497 e. The molecule has 1 aromatic heterocycles. The fraction of sp³-hybridized carbons (Fsp3) is 0.308. The minimum Gasteiger partial charge on any atom is -0.497 e. The topological polar surface area (TPSA) is 106 Å². The van der Waals surface area contributed by atoms with E-state index >= 15 is 0 Å². The fourth-order valence-corrected chi connectivity index (χ4v) is 4.44. The maximum absolute atomic E-state index is 13.4. The Balaban J connectivity index is 1.57. The number of benzene rings is 2. The summed E-state index contributed by atoms with van der Waals surface area (Å²) in [6.45, 7) is 1.59. The van der Waals surface area contributed by atoms with Crippen LogP contribution in [0.1, 0.15) is 30.5 Å². The predicted molar refractivity (Wildman–Crippen MR) is 143 cm³/mol. The Hall–Kier alpha value is -4.07. The van der Waals surface area contributed by atoms with Crippen LogP contribution < -0.4 is 29.3 Å². The zero-order chi connectivity index (χ0) is 29.0. The number of alkyl halides is 3. The Morgan fingerprint density at radius 1 is 1.10 bits per heavy atom. The van der Waals surface area contributed by atoms with E-state index in [1.807, 2.05) is 0 Å². The van der Waals surface area contributed by atoms with Crippen molar-refractivity contribution in [2.24, 2.45) is 0 Å². The quantitative estimate of drug-likeness (QED) is 0.360. The molecule has 1 N–H and O–H groups in total. The van der Waals surface area contributed by atoms with E-state index in [-0.39, 0.29) is 30.5 Å². The van der Waals surface area contributed by atoms with Crippen LogP contribution in [0.25, 0.3) is 0 Å². The third kappa shape index (κ3) is 6.55. The average Bonchev–Trinajstić information content (AvgIpc) is 2.92. The van der Waals surface area contributed by atoms with Crippen molar-refractivity contribution < 1.29 is 37.0 Å². The van der Waals surface area contributed by atoms with E-state index in [4.69, 9.17) is 9.47 Å². The Labute approximate surface area is 236 Å². The van der Waals surface area contributed by atoms with Crippen molar-refractivity contribution in [3.8, 4) is 17.2 Å². The van der Waals surface area contributed by atoms with Gasteiger partial charge in [0.2, 0.25) is 5.91 Å². The van der Waals surface area contributed by atoms with Gasteiger partial charge >= 0.3 is 12.4 Å². The zero-order valence-electron chi connectivity index (χ0n) is 21.7. The lowest BCUT2D eigenvalue weighted by molar-refractivity contribution is -0.274. The molecule has 1 aliphatic heterocycles. The van der Waals surface area contributed by atoms with Gasteiger partial charge in [-0.1, -0.05) is 19.1 Å². The molecule has 2 heterocycles. The number of nitrogens with zero attached hydrogens (tertiary/aromatic N) is 4. The minimum atomic E-state index is -4.81. The van der Waals surface area contributed by atoms with Gasteiger partial charge in [0.25, 0.3) is 0 Å². The molecule has 3 amide bonds. The molecule has 3 aromatic rings. The number of nitrogens with one attached hydrogen (secondary N) is 1. The molecule has 40 heavy (non-hydrogen) atoms. The second-order valence-corrected chi connectivity index (χ2v) is 9.42. The SMILES string of the molecule is CCC(NC(=O)N1CC(=O)N(Cc2ccc(OC)cc2OC)c2nc(Br)cnc21)c1ccc(OC(F)(F)F)cc1. The maximum atomic E-state index is 13.4. The summed E-state index contributed by atoms with van der Waals surface area (Å²) >= 11 is 3.28. The van der Waals surface area contributed by atoms with Gasteiger partial charge in [0.15, 0.2) is 11.6 Å². The third-order valence-corrected chi connectivity index (χ3v) is 6.48. The first-order valence-electron chi connectivity index (χ1n) is 12.0. The first-order chi connectivity index (χ1) is 19.0. The van der Waals surface area contributed by atoms with E-state index in [9.17, 15) is 22.8 Å². The van der Waals surface area contributed by atoms with Gasteiger partial charge in [-0.3, -0.25) is 14.6 Å². The highest BCUT2D eigenvalue weighted by Crippen LogP contribution is 2.35. The number of ether oxygens (including phenoxy) is 3. The summed E-state index contributed by atoms with van der Waals surface area (Å²) in [6, 6.07) is 9.25. The number of methoxy groups -OCH3 is 2. The van der Waals surface area contributed by atoms with Gasteiger partial charge in [0.1, 0.15) is 28.4 Å². The number of anilines is 2. The van der Waals surface area contributed by atoms with Crippen LogP contribution >= 0.6 is 15.9 Å². The summed E-state index contributed by atoms with van der Waals surface area (Å²) in [5.41, 5.74) is 1.25. The lowest BCUT2D eigenvalue weighted by Gasteiger charge is -2.35. The molecule has 14 heteroatoms. The van der Waals surface area contributed by atoms with Crippen LogP contribution in [0.3, 0.4) is 0 Å². The van der Waals surface area contributed by atoms with Gasteiger partial charge in [-0.05, 0) is 52.2 Å². The molecule has 10 nitrogen and oxygen atoms in total. The first-order valence-corrected chi connectivity index (χ1v) is 12.8. The van der Waals surface area contributed by atoms with Crippen LogP contribution in [0.4, 0.5) is 29.6 Å². The minimum absolute atomic E-state index is 0.101. The summed E-state index contributed by atoms with van der Waals surface area (Å²) < 4.78 is 52.5. The highest BCUT2D eigenvalue weighted by molar-refractivity contribution is 9.10. The Kier molecular flexibility index (Phi) is 8.67. The highest BCUT2D eigenvalue weighted by atomic mass is 79.9. The molecule has 0 radical (unpaired) electrons. The van der Waals surface area contributed by atoms with Crippen molar-refractivity contribution in [2.45, 2.75) is 32.3 Å². The van der Waals surface area contributed by atoms with Crippen molar-refractivity contribution in [1.29, 1.82) is 0 Å². The Bertz CT molecular complexity index is 1390. The number of carbonyl (C=O) groups is 2. The monoisotopic (exact) mass is 623 g/mol. The van der Waals surface area contributed by atoms with Crippen LogP contribution in [0.15, 0.2) is 53.3 Å². The number of urea groups is 1. The molecule has 0 saturated heterocycles. The first kappa shape index (κ1) is 28.9.